The minimum atomic E-state index is -0.933. The maximum atomic E-state index is 13.0. The molecule has 1 heterocycles. The number of benzene rings is 2. The maximum Gasteiger partial charge on any atom is 0.310 e. The highest BCUT2D eigenvalue weighted by Gasteiger charge is 2.40. The molecule has 9 nitrogen and oxygen atoms in total. The second kappa shape index (κ2) is 14.8. The summed E-state index contributed by atoms with van der Waals surface area (Å²) in [4.78, 5) is 37.6. The van der Waals surface area contributed by atoms with Crippen molar-refractivity contribution in [3.63, 3.8) is 0 Å². The normalized spacial score (nSPS) is 21.9. The molecule has 1 aliphatic rings. The third-order valence-electron chi connectivity index (χ3n) is 7.00. The molecule has 0 spiro atoms. The van der Waals surface area contributed by atoms with Crippen LogP contribution in [-0.4, -0.2) is 61.9 Å². The maximum absolute atomic E-state index is 13.0. The lowest BCUT2D eigenvalue weighted by atomic mass is 9.94. The number of methoxy groups -OCH3 is 2. The van der Waals surface area contributed by atoms with E-state index in [9.17, 15) is 19.5 Å². The minimum absolute atomic E-state index is 0.0545. The van der Waals surface area contributed by atoms with Crippen molar-refractivity contribution in [2.45, 2.75) is 51.0 Å². The molecule has 1 unspecified atom stereocenters. The van der Waals surface area contributed by atoms with Crippen LogP contribution in [0.4, 0.5) is 0 Å². The Balaban J connectivity index is 1.64. The molecule has 1 fully saturated rings. The summed E-state index contributed by atoms with van der Waals surface area (Å²) in [7, 11) is 2.79. The molecule has 0 bridgehead atoms. The number of ether oxygens (including phenoxy) is 3. The molecule has 6 atom stereocenters. The molecule has 216 valence electrons. The van der Waals surface area contributed by atoms with Gasteiger partial charge in [0.15, 0.2) is 0 Å². The van der Waals surface area contributed by atoms with E-state index in [-0.39, 0.29) is 25.0 Å². The van der Waals surface area contributed by atoms with Crippen LogP contribution in [0.25, 0.3) is 0 Å². The number of halogens is 1. The highest BCUT2D eigenvalue weighted by molar-refractivity contribution is 6.32. The topological polar surface area (TPSA) is 123 Å². The first-order chi connectivity index (χ1) is 19.1. The van der Waals surface area contributed by atoms with E-state index < -0.39 is 42.0 Å². The lowest BCUT2D eigenvalue weighted by Crippen LogP contribution is -2.49. The highest BCUT2D eigenvalue weighted by atomic mass is 35.5. The van der Waals surface area contributed by atoms with Gasteiger partial charge < -0.3 is 30.0 Å². The zero-order valence-electron chi connectivity index (χ0n) is 23.1. The molecule has 0 aromatic heterocycles. The van der Waals surface area contributed by atoms with Crippen LogP contribution in [0.2, 0.25) is 5.02 Å². The van der Waals surface area contributed by atoms with Crippen LogP contribution < -0.4 is 15.4 Å². The Morgan fingerprint density at radius 3 is 2.52 bits per heavy atom. The van der Waals surface area contributed by atoms with Crippen molar-refractivity contribution in [2.75, 3.05) is 20.8 Å². The fourth-order valence-electron chi connectivity index (χ4n) is 4.55. The van der Waals surface area contributed by atoms with Gasteiger partial charge in [0, 0.05) is 18.9 Å². The predicted molar refractivity (Wildman–Crippen MR) is 151 cm³/mol. The van der Waals surface area contributed by atoms with Crippen LogP contribution in [0.1, 0.15) is 37.5 Å². The fourth-order valence-corrected chi connectivity index (χ4v) is 4.83. The molecule has 1 aliphatic heterocycles. The van der Waals surface area contributed by atoms with E-state index in [2.05, 4.69) is 10.6 Å². The summed E-state index contributed by atoms with van der Waals surface area (Å²) in [6.45, 7) is 3.61. The molecule has 0 aliphatic carbocycles. The minimum Gasteiger partial charge on any atom is -0.495 e. The number of hydrogen-bond acceptors (Lipinski definition) is 7. The average Bonchev–Trinajstić information content (AvgIpc) is 3.24. The number of amides is 2. The highest BCUT2D eigenvalue weighted by Crippen LogP contribution is 2.38. The molecule has 2 amide bonds. The Labute approximate surface area is 239 Å². The number of carbonyl (C=O) groups is 3. The second-order valence-electron chi connectivity index (χ2n) is 9.90. The van der Waals surface area contributed by atoms with Gasteiger partial charge in [0.1, 0.15) is 17.9 Å². The van der Waals surface area contributed by atoms with Gasteiger partial charge in [-0.15, -0.1) is 0 Å². The van der Waals surface area contributed by atoms with Crippen molar-refractivity contribution in [3.05, 3.63) is 76.8 Å². The summed E-state index contributed by atoms with van der Waals surface area (Å²) in [6, 6.07) is 13.7. The first-order valence-electron chi connectivity index (χ1n) is 13.2. The smallest absolute Gasteiger partial charge is 0.310 e. The molecular formula is C30H37ClN2O7. The lowest BCUT2D eigenvalue weighted by molar-refractivity contribution is -0.144. The number of carbonyl (C=O) groups excluding carboxylic acids is 3. The lowest BCUT2D eigenvalue weighted by Gasteiger charge is -2.19. The fraction of sp³-hybridized carbons (Fsp3) is 0.433. The van der Waals surface area contributed by atoms with Crippen molar-refractivity contribution < 1.29 is 33.7 Å². The Hall–Kier alpha value is -3.40. The number of rotatable bonds is 12. The summed E-state index contributed by atoms with van der Waals surface area (Å²) in [6.07, 6.45) is 2.24. The first kappa shape index (κ1) is 31.1. The molecule has 3 N–H and O–H groups in total. The summed E-state index contributed by atoms with van der Waals surface area (Å²) in [5, 5.41) is 16.5. The number of aliphatic hydroxyl groups excluding tert-OH is 1. The van der Waals surface area contributed by atoms with E-state index in [1.54, 1.807) is 31.2 Å². The summed E-state index contributed by atoms with van der Waals surface area (Å²) in [5.74, 6) is -1.56. The number of aliphatic hydroxyl groups is 1. The van der Waals surface area contributed by atoms with Crippen molar-refractivity contribution in [2.24, 2.45) is 11.8 Å². The van der Waals surface area contributed by atoms with Gasteiger partial charge in [-0.1, -0.05) is 67.9 Å². The molecule has 2 aromatic carbocycles. The van der Waals surface area contributed by atoms with E-state index in [0.717, 1.165) is 5.56 Å². The monoisotopic (exact) mass is 572 g/mol. The van der Waals surface area contributed by atoms with Crippen LogP contribution in [0, 0.1) is 11.8 Å². The second-order valence-corrected chi connectivity index (χ2v) is 10.3. The molecule has 40 heavy (non-hydrogen) atoms. The van der Waals surface area contributed by atoms with Gasteiger partial charge >= 0.3 is 5.97 Å². The van der Waals surface area contributed by atoms with Crippen LogP contribution in [0.5, 0.6) is 5.75 Å². The molecule has 1 saturated heterocycles. The summed E-state index contributed by atoms with van der Waals surface area (Å²) < 4.78 is 16.0. The third kappa shape index (κ3) is 8.30. The Morgan fingerprint density at radius 1 is 1.15 bits per heavy atom. The van der Waals surface area contributed by atoms with Crippen molar-refractivity contribution >= 4 is 29.4 Å². The van der Waals surface area contributed by atoms with Crippen molar-refractivity contribution in [1.29, 1.82) is 0 Å². The molecule has 0 radical (unpaired) electrons. The van der Waals surface area contributed by atoms with Crippen LogP contribution in [-0.2, 0) is 30.3 Å². The van der Waals surface area contributed by atoms with Gasteiger partial charge in [0.2, 0.25) is 11.8 Å². The Bertz CT molecular complexity index is 1190. The standard InChI is InChI=1S/C30H37ClN2O7/c1-18(30(37)39-4)17-32-29(36)23(16-20-13-14-25(38-3)22(31)15-20)33-26(34)12-8-11-24-19(2)27(35)28(40-24)21-9-6-5-7-10-21/h5-10,12-15,18-19,23-24,27-28,35H,11,16-17H2,1-4H3,(H,32,36)(H,33,34)/b12-8+/t18-,19+,23?,24+,27-,28+/m1/s1. The Kier molecular flexibility index (Phi) is 11.5. The van der Waals surface area contributed by atoms with E-state index in [0.29, 0.717) is 22.8 Å². The Morgan fingerprint density at radius 2 is 1.88 bits per heavy atom. The molecule has 3 rings (SSSR count). The van der Waals surface area contributed by atoms with E-state index in [1.165, 1.54) is 20.3 Å². The molecule has 0 saturated carbocycles. The number of nitrogens with one attached hydrogen (secondary N) is 2. The molecule has 2 aromatic rings. The summed E-state index contributed by atoms with van der Waals surface area (Å²) >= 11 is 6.25. The number of hydrogen-bond donors (Lipinski definition) is 3. The van der Waals surface area contributed by atoms with Crippen molar-refractivity contribution in [1.82, 2.24) is 10.6 Å². The SMILES string of the molecule is COC(=O)[C@H](C)CNC(=O)C(Cc1ccc(OC)c(Cl)c1)NC(=O)/C=C/C[C@@H]1O[C@@H](c2ccccc2)[C@H](O)[C@H]1C. The van der Waals surface area contributed by atoms with Gasteiger partial charge in [0.25, 0.3) is 0 Å². The van der Waals surface area contributed by atoms with Gasteiger partial charge in [0.05, 0.1) is 37.4 Å². The molecular weight excluding hydrogens is 536 g/mol. The van der Waals surface area contributed by atoms with Gasteiger partial charge in [-0.3, -0.25) is 14.4 Å². The first-order valence-corrected chi connectivity index (χ1v) is 13.6. The number of esters is 1. The van der Waals surface area contributed by atoms with E-state index in [4.69, 9.17) is 25.8 Å². The predicted octanol–water partition coefficient (Wildman–Crippen LogP) is 3.38. The quantitative estimate of drug-likeness (QED) is 0.263. The van der Waals surface area contributed by atoms with E-state index >= 15 is 0 Å². The van der Waals surface area contributed by atoms with Gasteiger partial charge in [-0.05, 0) is 35.8 Å². The zero-order valence-corrected chi connectivity index (χ0v) is 23.9. The molecule has 10 heteroatoms. The van der Waals surface area contributed by atoms with Gasteiger partial charge in [-0.25, -0.2) is 0 Å². The van der Waals surface area contributed by atoms with Crippen LogP contribution in [0.3, 0.4) is 0 Å². The van der Waals surface area contributed by atoms with Crippen molar-refractivity contribution in [3.8, 4) is 5.75 Å². The average molecular weight is 573 g/mol. The third-order valence-corrected chi connectivity index (χ3v) is 7.29. The van der Waals surface area contributed by atoms with E-state index in [1.807, 2.05) is 37.3 Å². The van der Waals surface area contributed by atoms with Gasteiger partial charge in [-0.2, -0.15) is 0 Å². The zero-order chi connectivity index (χ0) is 29.2. The largest absolute Gasteiger partial charge is 0.495 e. The van der Waals surface area contributed by atoms with Crippen LogP contribution in [0.15, 0.2) is 60.7 Å². The summed E-state index contributed by atoms with van der Waals surface area (Å²) in [5.41, 5.74) is 1.62. The van der Waals surface area contributed by atoms with Crippen LogP contribution >= 0.6 is 11.6 Å².